The molecule has 3 N–H and O–H groups in total. The number of likely N-dealkylation sites (tertiary alicyclic amines) is 2. The summed E-state index contributed by atoms with van der Waals surface area (Å²) in [7, 11) is 0. The van der Waals surface area contributed by atoms with Crippen LogP contribution in [-0.4, -0.2) is 58.4 Å². The molecule has 2 aliphatic heterocycles. The van der Waals surface area contributed by atoms with Crippen LogP contribution in [0.1, 0.15) is 30.4 Å². The molecule has 8 heteroatoms. The van der Waals surface area contributed by atoms with Gasteiger partial charge in [0.25, 0.3) is 6.47 Å². The van der Waals surface area contributed by atoms with Gasteiger partial charge in [0.1, 0.15) is 11.6 Å². The molecule has 0 aliphatic carbocycles. The van der Waals surface area contributed by atoms with Crippen LogP contribution in [0.25, 0.3) is 0 Å². The SMILES string of the molecule is Nc1ncccc1CN1CC(Cc2ccccc2F)(C(=O)N2CCCCC2)C1.O=CO. The molecule has 166 valence electrons. The number of carboxylic acid groups (broad SMARTS) is 1. The van der Waals surface area contributed by atoms with Crippen LogP contribution in [-0.2, 0) is 22.6 Å². The molecule has 1 aromatic heterocycles. The van der Waals surface area contributed by atoms with Crippen molar-refractivity contribution < 1.29 is 19.1 Å². The van der Waals surface area contributed by atoms with Gasteiger partial charge >= 0.3 is 0 Å². The van der Waals surface area contributed by atoms with Gasteiger partial charge in [0.15, 0.2) is 0 Å². The molecule has 31 heavy (non-hydrogen) atoms. The lowest BCUT2D eigenvalue weighted by Crippen LogP contribution is -2.64. The van der Waals surface area contributed by atoms with Gasteiger partial charge in [-0.25, -0.2) is 9.37 Å². The van der Waals surface area contributed by atoms with E-state index in [0.29, 0.717) is 37.4 Å². The number of nitrogen functional groups attached to an aromatic ring is 1. The molecule has 0 saturated carbocycles. The molecule has 2 aliphatic rings. The first-order valence-corrected chi connectivity index (χ1v) is 10.5. The van der Waals surface area contributed by atoms with Gasteiger partial charge in [0, 0.05) is 44.5 Å². The molecule has 1 amide bonds. The number of carbonyl (C=O) groups excluding carboxylic acids is 1. The smallest absolute Gasteiger partial charge is 0.290 e. The van der Waals surface area contributed by atoms with E-state index in [-0.39, 0.29) is 18.2 Å². The molecule has 0 radical (unpaired) electrons. The Bertz CT molecular complexity index is 896. The molecule has 3 heterocycles. The van der Waals surface area contributed by atoms with E-state index in [4.69, 9.17) is 15.6 Å². The van der Waals surface area contributed by atoms with Gasteiger partial charge in [-0.05, 0) is 43.4 Å². The molecule has 0 spiro atoms. The third-order valence-electron chi connectivity index (χ3n) is 5.96. The van der Waals surface area contributed by atoms with Gasteiger partial charge in [0.2, 0.25) is 5.91 Å². The lowest BCUT2D eigenvalue weighted by molar-refractivity contribution is -0.155. The van der Waals surface area contributed by atoms with Crippen molar-refractivity contribution in [2.45, 2.75) is 32.2 Å². The molecule has 2 fully saturated rings. The van der Waals surface area contributed by atoms with Gasteiger partial charge in [-0.2, -0.15) is 0 Å². The number of halogens is 1. The standard InChI is InChI=1S/C22H27FN4O.CH2O2/c23-19-9-3-2-7-17(19)13-22(21(28)27-11-4-1-5-12-27)15-26(16-22)14-18-8-6-10-25-20(18)24;2-1-3/h2-3,6-10H,1,4-5,11-16H2,(H2,24,25);1H,(H,2,3). The number of benzene rings is 1. The molecule has 0 atom stereocenters. The summed E-state index contributed by atoms with van der Waals surface area (Å²) in [6, 6.07) is 10.6. The third kappa shape index (κ3) is 5.38. The molecule has 0 bridgehead atoms. The summed E-state index contributed by atoms with van der Waals surface area (Å²) in [6.45, 7) is 3.27. The highest BCUT2D eigenvalue weighted by atomic mass is 19.1. The molecule has 4 rings (SSSR count). The van der Waals surface area contributed by atoms with Crippen molar-refractivity contribution in [2.24, 2.45) is 5.41 Å². The normalized spacial score (nSPS) is 17.8. The van der Waals surface area contributed by atoms with E-state index in [1.54, 1.807) is 18.3 Å². The second-order valence-corrected chi connectivity index (χ2v) is 8.20. The fourth-order valence-corrected chi connectivity index (χ4v) is 4.51. The zero-order valence-electron chi connectivity index (χ0n) is 17.5. The number of hydrogen-bond donors (Lipinski definition) is 2. The van der Waals surface area contributed by atoms with Crippen LogP contribution in [0.15, 0.2) is 42.6 Å². The fourth-order valence-electron chi connectivity index (χ4n) is 4.51. The highest BCUT2D eigenvalue weighted by Gasteiger charge is 2.51. The van der Waals surface area contributed by atoms with Crippen LogP contribution in [0.5, 0.6) is 0 Å². The Hall–Kier alpha value is -3.00. The maximum absolute atomic E-state index is 14.3. The highest BCUT2D eigenvalue weighted by molar-refractivity contribution is 5.85. The van der Waals surface area contributed by atoms with Gasteiger partial charge in [-0.3, -0.25) is 14.5 Å². The van der Waals surface area contributed by atoms with Crippen LogP contribution in [0.3, 0.4) is 0 Å². The van der Waals surface area contributed by atoms with Gasteiger partial charge < -0.3 is 15.7 Å². The van der Waals surface area contributed by atoms with Gasteiger partial charge in [-0.1, -0.05) is 24.3 Å². The number of carbonyl (C=O) groups is 2. The summed E-state index contributed by atoms with van der Waals surface area (Å²) in [5.74, 6) is 0.464. The van der Waals surface area contributed by atoms with Gasteiger partial charge in [0.05, 0.1) is 5.41 Å². The Morgan fingerprint density at radius 1 is 1.13 bits per heavy atom. The van der Waals surface area contributed by atoms with Crippen molar-refractivity contribution in [3.8, 4) is 0 Å². The predicted octanol–water partition coefficient (Wildman–Crippen LogP) is 2.56. The summed E-state index contributed by atoms with van der Waals surface area (Å²) in [4.78, 5) is 30.1. The number of amides is 1. The van der Waals surface area contributed by atoms with Crippen LogP contribution < -0.4 is 5.73 Å². The number of nitrogens with zero attached hydrogens (tertiary/aromatic N) is 3. The van der Waals surface area contributed by atoms with E-state index >= 15 is 0 Å². The van der Waals surface area contributed by atoms with E-state index in [2.05, 4.69) is 9.88 Å². The van der Waals surface area contributed by atoms with Crippen LogP contribution in [0.4, 0.5) is 10.2 Å². The van der Waals surface area contributed by atoms with Crippen LogP contribution in [0.2, 0.25) is 0 Å². The molecule has 1 aromatic carbocycles. The van der Waals surface area contributed by atoms with Gasteiger partial charge in [-0.15, -0.1) is 0 Å². The zero-order chi connectivity index (χ0) is 22.3. The molecular weight excluding hydrogens is 399 g/mol. The monoisotopic (exact) mass is 428 g/mol. The topological polar surface area (TPSA) is 99.8 Å². The quantitative estimate of drug-likeness (QED) is 0.710. The minimum Gasteiger partial charge on any atom is -0.483 e. The van der Waals surface area contributed by atoms with E-state index in [0.717, 1.165) is 31.5 Å². The minimum atomic E-state index is -0.559. The summed E-state index contributed by atoms with van der Waals surface area (Å²) in [6.07, 6.45) is 5.40. The summed E-state index contributed by atoms with van der Waals surface area (Å²) >= 11 is 0. The second kappa shape index (κ2) is 10.3. The fraction of sp³-hybridized carbons (Fsp3) is 0.435. The Kier molecular flexibility index (Phi) is 7.57. The number of rotatable bonds is 5. The average Bonchev–Trinajstić information content (AvgIpc) is 2.75. The van der Waals surface area contributed by atoms with E-state index in [1.807, 2.05) is 23.1 Å². The lowest BCUT2D eigenvalue weighted by atomic mass is 9.73. The summed E-state index contributed by atoms with van der Waals surface area (Å²) in [5, 5.41) is 6.89. The van der Waals surface area contributed by atoms with Crippen LogP contribution >= 0.6 is 0 Å². The molecular formula is C23H29FN4O3. The lowest BCUT2D eigenvalue weighted by Gasteiger charge is -2.51. The largest absolute Gasteiger partial charge is 0.483 e. The summed E-state index contributed by atoms with van der Waals surface area (Å²) < 4.78 is 14.3. The Morgan fingerprint density at radius 2 is 1.77 bits per heavy atom. The zero-order valence-corrected chi connectivity index (χ0v) is 17.5. The van der Waals surface area contributed by atoms with Crippen molar-refractivity contribution in [1.29, 1.82) is 0 Å². The summed E-state index contributed by atoms with van der Waals surface area (Å²) in [5.41, 5.74) is 7.00. The molecule has 2 saturated heterocycles. The molecule has 0 unspecified atom stereocenters. The molecule has 7 nitrogen and oxygen atoms in total. The van der Waals surface area contributed by atoms with E-state index < -0.39 is 5.41 Å². The number of hydrogen-bond acceptors (Lipinski definition) is 5. The number of nitrogens with two attached hydrogens (primary N) is 1. The Morgan fingerprint density at radius 3 is 2.42 bits per heavy atom. The first-order chi connectivity index (χ1) is 15.0. The number of pyridine rings is 1. The van der Waals surface area contributed by atoms with Crippen molar-refractivity contribution >= 4 is 18.2 Å². The second-order valence-electron chi connectivity index (χ2n) is 8.20. The van der Waals surface area contributed by atoms with E-state index in [1.165, 1.54) is 12.5 Å². The van der Waals surface area contributed by atoms with Crippen molar-refractivity contribution in [2.75, 3.05) is 31.9 Å². The highest BCUT2D eigenvalue weighted by Crippen LogP contribution is 2.38. The Balaban J connectivity index is 0.000000858. The maximum atomic E-state index is 14.3. The maximum Gasteiger partial charge on any atom is 0.290 e. The van der Waals surface area contributed by atoms with Crippen molar-refractivity contribution in [1.82, 2.24) is 14.8 Å². The molecule has 2 aromatic rings. The van der Waals surface area contributed by atoms with Crippen LogP contribution in [0, 0.1) is 11.2 Å². The van der Waals surface area contributed by atoms with Crippen molar-refractivity contribution in [3.63, 3.8) is 0 Å². The predicted molar refractivity (Wildman–Crippen MR) is 116 cm³/mol. The van der Waals surface area contributed by atoms with E-state index in [9.17, 15) is 9.18 Å². The number of anilines is 1. The minimum absolute atomic E-state index is 0.172. The number of piperidine rings is 1. The third-order valence-corrected chi connectivity index (χ3v) is 5.96. The first kappa shape index (κ1) is 22.7. The first-order valence-electron chi connectivity index (χ1n) is 10.5. The van der Waals surface area contributed by atoms with Crippen molar-refractivity contribution in [3.05, 3.63) is 59.5 Å². The number of aromatic nitrogens is 1. The Labute approximate surface area is 181 Å². The average molecular weight is 429 g/mol.